The summed E-state index contributed by atoms with van der Waals surface area (Å²) >= 11 is 0. The van der Waals surface area contributed by atoms with E-state index in [0.29, 0.717) is 30.7 Å². The number of carbonyl (C=O) groups excluding carboxylic acids is 5. The molecule has 0 saturated heterocycles. The van der Waals surface area contributed by atoms with Crippen LogP contribution in [0.2, 0.25) is 0 Å². The number of aliphatic hydroxyl groups excluding tert-OH is 1. The molecule has 1 aliphatic carbocycles. The number of carbonyl (C=O) groups is 5. The van der Waals surface area contributed by atoms with E-state index in [9.17, 15) is 29.1 Å². The van der Waals surface area contributed by atoms with Crippen molar-refractivity contribution in [3.8, 4) is 0 Å². The first-order chi connectivity index (χ1) is 21.1. The molecule has 6 N–H and O–H groups in total. The van der Waals surface area contributed by atoms with Crippen LogP contribution in [-0.2, 0) is 24.0 Å². The van der Waals surface area contributed by atoms with Gasteiger partial charge in [-0.2, -0.15) is 0 Å². The Bertz CT molecular complexity index is 1070. The summed E-state index contributed by atoms with van der Waals surface area (Å²) in [6.45, 7) is 5.37. The molecule has 1 aliphatic rings. The molecule has 0 aliphatic heterocycles. The number of nitrogens with one attached hydrogen (secondary N) is 5. The third-order valence-electron chi connectivity index (χ3n) is 8.34. The van der Waals surface area contributed by atoms with Crippen molar-refractivity contribution in [2.45, 2.75) is 116 Å². The maximum Gasteiger partial charge on any atom is 0.251 e. The number of benzene rings is 1. The second-order valence-electron chi connectivity index (χ2n) is 11.7. The van der Waals surface area contributed by atoms with Crippen molar-refractivity contribution in [2.75, 3.05) is 6.54 Å². The molecule has 1 fully saturated rings. The second kappa shape index (κ2) is 20.1. The molecule has 0 radical (unpaired) electrons. The highest BCUT2D eigenvalue weighted by Gasteiger charge is 2.32. The van der Waals surface area contributed by atoms with Crippen molar-refractivity contribution in [1.29, 1.82) is 0 Å². The van der Waals surface area contributed by atoms with E-state index < -0.39 is 54.4 Å². The zero-order chi connectivity index (χ0) is 32.5. The van der Waals surface area contributed by atoms with Gasteiger partial charge in [0.2, 0.25) is 23.6 Å². The minimum atomic E-state index is -1.62. The van der Waals surface area contributed by atoms with Crippen LogP contribution in [0.1, 0.15) is 103 Å². The fourth-order valence-electron chi connectivity index (χ4n) is 5.62. The summed E-state index contributed by atoms with van der Waals surface area (Å²) < 4.78 is 0. The Kier molecular flexibility index (Phi) is 17.0. The van der Waals surface area contributed by atoms with Gasteiger partial charge in [-0.25, -0.2) is 0 Å². The molecule has 1 aromatic rings. The molecule has 12 heteroatoms. The molecule has 0 bridgehead atoms. The molecular formula is C32H52N5O6P. The van der Waals surface area contributed by atoms with E-state index in [0.717, 1.165) is 44.9 Å². The maximum absolute atomic E-state index is 13.4. The average molecular weight is 634 g/mol. The third kappa shape index (κ3) is 12.2. The SMILES string of the molecule is CCCCC[C@H](NC(=O)[C@@H](C)C1CCCCC1)C(=O)NC(CCC)C(O)C(=O)NCC(=O)N[C@H](C(=O)NP)c1ccccc1. The smallest absolute Gasteiger partial charge is 0.251 e. The lowest BCUT2D eigenvalue weighted by Crippen LogP contribution is -2.56. The van der Waals surface area contributed by atoms with Crippen molar-refractivity contribution < 1.29 is 29.1 Å². The summed E-state index contributed by atoms with van der Waals surface area (Å²) in [5.41, 5.74) is 0.562. The van der Waals surface area contributed by atoms with E-state index in [1.54, 1.807) is 30.3 Å². The monoisotopic (exact) mass is 633 g/mol. The molecule has 0 heterocycles. The Morgan fingerprint density at radius 2 is 1.52 bits per heavy atom. The topological polar surface area (TPSA) is 166 Å². The summed E-state index contributed by atoms with van der Waals surface area (Å²) in [5, 5.41) is 24.0. The molecule has 0 aromatic heterocycles. The van der Waals surface area contributed by atoms with E-state index in [2.05, 4.69) is 42.7 Å². The molecule has 6 atom stereocenters. The molecule has 11 nitrogen and oxygen atoms in total. The summed E-state index contributed by atoms with van der Waals surface area (Å²) in [7, 11) is 2.09. The minimum absolute atomic E-state index is 0.144. The fraction of sp³-hybridized carbons (Fsp3) is 0.656. The molecular weight excluding hydrogens is 581 g/mol. The number of unbranched alkanes of at least 4 members (excludes halogenated alkanes) is 2. The van der Waals surface area contributed by atoms with Crippen molar-refractivity contribution >= 4 is 38.9 Å². The molecule has 246 valence electrons. The highest BCUT2D eigenvalue weighted by molar-refractivity contribution is 7.15. The number of aliphatic hydroxyl groups is 1. The van der Waals surface area contributed by atoms with Gasteiger partial charge in [0.15, 0.2) is 6.10 Å². The van der Waals surface area contributed by atoms with Crippen molar-refractivity contribution in [2.24, 2.45) is 11.8 Å². The lowest BCUT2D eigenvalue weighted by Gasteiger charge is -2.29. The number of rotatable bonds is 18. The van der Waals surface area contributed by atoms with Gasteiger partial charge in [-0.15, -0.1) is 0 Å². The van der Waals surface area contributed by atoms with Gasteiger partial charge in [0, 0.05) is 5.92 Å². The first-order valence-electron chi connectivity index (χ1n) is 16.0. The van der Waals surface area contributed by atoms with Crippen LogP contribution in [0.3, 0.4) is 0 Å². The highest BCUT2D eigenvalue weighted by Crippen LogP contribution is 2.30. The van der Waals surface area contributed by atoms with Gasteiger partial charge < -0.3 is 31.5 Å². The first-order valence-corrected chi connectivity index (χ1v) is 16.6. The van der Waals surface area contributed by atoms with Crippen molar-refractivity contribution in [3.05, 3.63) is 35.9 Å². The Hall–Kier alpha value is -3.04. The predicted molar refractivity (Wildman–Crippen MR) is 173 cm³/mol. The van der Waals surface area contributed by atoms with E-state index in [1.807, 2.05) is 13.8 Å². The summed E-state index contributed by atoms with van der Waals surface area (Å²) in [6.07, 6.45) is 7.78. The summed E-state index contributed by atoms with van der Waals surface area (Å²) in [6, 6.07) is 5.97. The largest absolute Gasteiger partial charge is 0.381 e. The molecule has 3 unspecified atom stereocenters. The van der Waals surface area contributed by atoms with Gasteiger partial charge in [-0.1, -0.05) is 96.0 Å². The zero-order valence-corrected chi connectivity index (χ0v) is 27.6. The van der Waals surface area contributed by atoms with Crippen LogP contribution in [-0.4, -0.2) is 59.4 Å². The van der Waals surface area contributed by atoms with Gasteiger partial charge in [-0.05, 0) is 46.6 Å². The van der Waals surface area contributed by atoms with Gasteiger partial charge in [0.1, 0.15) is 12.1 Å². The fourth-order valence-corrected chi connectivity index (χ4v) is 5.78. The van der Waals surface area contributed by atoms with Crippen LogP contribution in [0.5, 0.6) is 0 Å². The Morgan fingerprint density at radius 1 is 0.841 bits per heavy atom. The summed E-state index contributed by atoms with van der Waals surface area (Å²) in [5.74, 6) is -2.40. The van der Waals surface area contributed by atoms with E-state index in [-0.39, 0.29) is 11.8 Å². The van der Waals surface area contributed by atoms with Crippen LogP contribution in [0, 0.1) is 11.8 Å². The standard InChI is InChI=1S/C32H52N5O6P/c1-4-6-9-19-25(35-29(40)21(3)22-15-10-7-11-16-22)30(41)34-24(14-5-2)28(39)32(43)33-20-26(38)36-27(31(42)37-44)23-17-12-8-13-18-23/h8,12-13,17-18,21-22,24-25,27-28,39H,4-7,9-11,14-16,19-20,44H2,1-3H3,(H,33,43)(H,34,41)(H,35,40)(H,36,38)(H,37,42)/t21-,24?,25-,27-,28?/m0/s1. The van der Waals surface area contributed by atoms with Crippen LogP contribution in [0.15, 0.2) is 30.3 Å². The van der Waals surface area contributed by atoms with Crippen LogP contribution in [0.4, 0.5) is 0 Å². The Labute approximate surface area is 264 Å². The minimum Gasteiger partial charge on any atom is -0.381 e. The van der Waals surface area contributed by atoms with E-state index in [1.165, 1.54) is 6.42 Å². The van der Waals surface area contributed by atoms with Crippen molar-refractivity contribution in [3.63, 3.8) is 0 Å². The number of hydrogen-bond acceptors (Lipinski definition) is 6. The first kappa shape index (κ1) is 37.1. The quantitative estimate of drug-likeness (QED) is 0.107. The van der Waals surface area contributed by atoms with E-state index >= 15 is 0 Å². The molecule has 0 spiro atoms. The van der Waals surface area contributed by atoms with E-state index in [4.69, 9.17) is 0 Å². The highest BCUT2D eigenvalue weighted by atomic mass is 31.0. The lowest BCUT2D eigenvalue weighted by molar-refractivity contribution is -0.136. The van der Waals surface area contributed by atoms with Gasteiger partial charge in [-0.3, -0.25) is 24.0 Å². The van der Waals surface area contributed by atoms with Gasteiger partial charge in [0.25, 0.3) is 5.91 Å². The van der Waals surface area contributed by atoms with Crippen molar-refractivity contribution in [1.82, 2.24) is 26.4 Å². The lowest BCUT2D eigenvalue weighted by atomic mass is 9.80. The van der Waals surface area contributed by atoms with Crippen LogP contribution >= 0.6 is 9.39 Å². The van der Waals surface area contributed by atoms with Crippen LogP contribution < -0.4 is 26.4 Å². The summed E-state index contributed by atoms with van der Waals surface area (Å²) in [4.78, 5) is 64.4. The predicted octanol–water partition coefficient (Wildman–Crippen LogP) is 2.79. The molecule has 2 rings (SSSR count). The van der Waals surface area contributed by atoms with Gasteiger partial charge >= 0.3 is 0 Å². The zero-order valence-electron chi connectivity index (χ0n) is 26.4. The maximum atomic E-state index is 13.4. The second-order valence-corrected chi connectivity index (χ2v) is 12.0. The van der Waals surface area contributed by atoms with Crippen LogP contribution in [0.25, 0.3) is 0 Å². The average Bonchev–Trinajstić information content (AvgIpc) is 3.05. The number of amides is 5. The Balaban J connectivity index is 2.01. The normalized spacial score (nSPS) is 16.8. The Morgan fingerprint density at radius 3 is 2.14 bits per heavy atom. The van der Waals surface area contributed by atoms with Gasteiger partial charge in [0.05, 0.1) is 12.6 Å². The molecule has 44 heavy (non-hydrogen) atoms. The molecule has 5 amide bonds. The molecule has 1 aromatic carbocycles. The molecule has 1 saturated carbocycles. The number of hydrogen-bond donors (Lipinski definition) is 6. The third-order valence-corrected chi connectivity index (χ3v) is 8.63.